The number of nitrogens with zero attached hydrogens (tertiary/aromatic N) is 6. The largest absolute Gasteiger partial charge is 0.336 e. The Morgan fingerprint density at radius 1 is 0.585 bits per heavy atom. The summed E-state index contributed by atoms with van der Waals surface area (Å²) in [6.07, 6.45) is 12.7. The third-order valence-electron chi connectivity index (χ3n) is 9.92. The summed E-state index contributed by atoms with van der Waals surface area (Å²) in [7, 11) is 0. The molecular formula is C29H40N6O6. The zero-order valence-corrected chi connectivity index (χ0v) is 23.9. The van der Waals surface area contributed by atoms with Crippen LogP contribution >= 0.6 is 0 Å². The molecule has 0 radical (unpaired) electrons. The van der Waals surface area contributed by atoms with E-state index >= 15 is 0 Å². The lowest BCUT2D eigenvalue weighted by molar-refractivity contribution is 0.197. The molecule has 0 amide bonds. The zero-order chi connectivity index (χ0) is 29.5. The Morgan fingerprint density at radius 3 is 1.24 bits per heavy atom. The first kappa shape index (κ1) is 30.5. The lowest BCUT2D eigenvalue weighted by Crippen LogP contribution is -2.58. The molecule has 1 aromatic heterocycles. The van der Waals surface area contributed by atoms with E-state index in [0.29, 0.717) is 70.8 Å². The van der Waals surface area contributed by atoms with Crippen molar-refractivity contribution in [3.63, 3.8) is 0 Å². The van der Waals surface area contributed by atoms with Gasteiger partial charge < -0.3 is 0 Å². The van der Waals surface area contributed by atoms with Crippen molar-refractivity contribution in [3.8, 4) is 0 Å². The fraction of sp³-hybridized carbons (Fsp3) is 0.793. The summed E-state index contributed by atoms with van der Waals surface area (Å²) in [5.74, 6) is 0.549. The highest BCUT2D eigenvalue weighted by molar-refractivity contribution is 5.34. The number of hydrogen-bond donors (Lipinski definition) is 0. The molecule has 3 aliphatic carbocycles. The van der Waals surface area contributed by atoms with Crippen molar-refractivity contribution >= 4 is 18.2 Å². The number of carbonyl (C=O) groups excluding carboxylic acids is 3. The summed E-state index contributed by atoms with van der Waals surface area (Å²) in [6, 6.07) is -1.35. The second-order valence-corrected chi connectivity index (χ2v) is 12.1. The van der Waals surface area contributed by atoms with Crippen LogP contribution in [-0.2, 0) is 14.4 Å². The van der Waals surface area contributed by atoms with Crippen LogP contribution in [0.2, 0.25) is 0 Å². The van der Waals surface area contributed by atoms with Crippen LogP contribution in [0.25, 0.3) is 0 Å². The van der Waals surface area contributed by atoms with E-state index in [9.17, 15) is 28.8 Å². The fourth-order valence-electron chi connectivity index (χ4n) is 7.34. The van der Waals surface area contributed by atoms with Crippen LogP contribution in [0.5, 0.6) is 0 Å². The topological polar surface area (TPSA) is 154 Å². The average Bonchev–Trinajstić information content (AvgIpc) is 2.97. The van der Waals surface area contributed by atoms with Crippen LogP contribution in [0, 0.1) is 17.8 Å². The molecule has 222 valence electrons. The molecule has 12 nitrogen and oxygen atoms in total. The van der Waals surface area contributed by atoms with E-state index in [0.717, 1.165) is 12.8 Å². The second-order valence-electron chi connectivity index (χ2n) is 12.1. The lowest BCUT2D eigenvalue weighted by Gasteiger charge is -2.35. The molecule has 0 aromatic carbocycles. The van der Waals surface area contributed by atoms with Gasteiger partial charge in [-0.1, -0.05) is 0 Å². The molecular weight excluding hydrogens is 528 g/mol. The van der Waals surface area contributed by atoms with Gasteiger partial charge in [0.15, 0.2) is 0 Å². The van der Waals surface area contributed by atoms with Crippen molar-refractivity contribution in [2.75, 3.05) is 6.54 Å². The first-order chi connectivity index (χ1) is 19.8. The van der Waals surface area contributed by atoms with E-state index in [-0.39, 0.29) is 48.0 Å². The normalized spacial score (nSPS) is 29.7. The maximum absolute atomic E-state index is 14.0. The van der Waals surface area contributed by atoms with Gasteiger partial charge in [0.2, 0.25) is 18.2 Å². The molecule has 0 saturated heterocycles. The average molecular weight is 569 g/mol. The van der Waals surface area contributed by atoms with Crippen LogP contribution < -0.4 is 17.1 Å². The molecule has 4 rings (SSSR count). The minimum atomic E-state index is -0.546. The van der Waals surface area contributed by atoms with Gasteiger partial charge in [0, 0.05) is 18.1 Å². The van der Waals surface area contributed by atoms with Crippen molar-refractivity contribution in [2.45, 2.75) is 121 Å². The van der Waals surface area contributed by atoms with Gasteiger partial charge in [0.1, 0.15) is 0 Å². The second kappa shape index (κ2) is 13.9. The highest BCUT2D eigenvalue weighted by Crippen LogP contribution is 2.36. The molecule has 2 unspecified atom stereocenters. The fourth-order valence-corrected chi connectivity index (χ4v) is 7.34. The molecule has 1 aromatic rings. The third kappa shape index (κ3) is 6.72. The summed E-state index contributed by atoms with van der Waals surface area (Å²) in [4.78, 5) is 85.3. The van der Waals surface area contributed by atoms with Crippen LogP contribution in [0.15, 0.2) is 29.4 Å². The minimum Gasteiger partial charge on any atom is -0.247 e. The maximum atomic E-state index is 14.0. The van der Waals surface area contributed by atoms with Gasteiger partial charge in [-0.2, -0.15) is 0 Å². The van der Waals surface area contributed by atoms with Gasteiger partial charge in [-0.15, -0.1) is 0 Å². The Balaban J connectivity index is 1.68. The van der Waals surface area contributed by atoms with Gasteiger partial charge in [0.05, 0.1) is 18.6 Å². The summed E-state index contributed by atoms with van der Waals surface area (Å²) < 4.78 is 3.95. The van der Waals surface area contributed by atoms with Crippen molar-refractivity contribution in [1.29, 1.82) is 0 Å². The van der Waals surface area contributed by atoms with Crippen molar-refractivity contribution in [1.82, 2.24) is 13.7 Å². The number of aliphatic imine (C=N–C) groups is 3. The van der Waals surface area contributed by atoms with E-state index in [2.05, 4.69) is 15.0 Å². The third-order valence-corrected chi connectivity index (χ3v) is 9.92. The first-order valence-electron chi connectivity index (χ1n) is 15.0. The summed E-state index contributed by atoms with van der Waals surface area (Å²) in [5.41, 5.74) is -1.64. The van der Waals surface area contributed by atoms with Crippen LogP contribution in [-0.4, -0.2) is 50.6 Å². The van der Waals surface area contributed by atoms with Gasteiger partial charge in [-0.25, -0.2) is 57.4 Å². The van der Waals surface area contributed by atoms with Crippen molar-refractivity contribution < 1.29 is 14.4 Å². The van der Waals surface area contributed by atoms with E-state index in [1.54, 1.807) is 18.2 Å². The SMILES string of the molecule is CC(N=C=O)C1CCC(n2c(=O)n(C3CCC(CN=C=O)CC3)c(=O)n(C3CCC(C(C)N=C=O)CC3)c2=O)CC1. The van der Waals surface area contributed by atoms with Crippen molar-refractivity contribution in [3.05, 3.63) is 31.5 Å². The van der Waals surface area contributed by atoms with Gasteiger partial charge in [0.25, 0.3) is 0 Å². The van der Waals surface area contributed by atoms with E-state index in [1.165, 1.54) is 13.7 Å². The quantitative estimate of drug-likeness (QED) is 0.329. The molecule has 2 atom stereocenters. The van der Waals surface area contributed by atoms with Crippen molar-refractivity contribution in [2.24, 2.45) is 32.7 Å². The van der Waals surface area contributed by atoms with E-state index < -0.39 is 17.1 Å². The molecule has 0 aliphatic heterocycles. The highest BCUT2D eigenvalue weighted by Gasteiger charge is 2.35. The Labute approximate surface area is 238 Å². The minimum absolute atomic E-state index is 0.171. The number of isocyanates is 3. The van der Waals surface area contributed by atoms with E-state index in [4.69, 9.17) is 0 Å². The summed E-state index contributed by atoms with van der Waals surface area (Å²) in [6.45, 7) is 4.15. The number of hydrogen-bond acceptors (Lipinski definition) is 9. The molecule has 3 aliphatic rings. The summed E-state index contributed by atoms with van der Waals surface area (Å²) >= 11 is 0. The molecule has 3 fully saturated rings. The molecule has 41 heavy (non-hydrogen) atoms. The molecule has 0 N–H and O–H groups in total. The highest BCUT2D eigenvalue weighted by atomic mass is 16.2. The lowest BCUT2D eigenvalue weighted by atomic mass is 9.82. The van der Waals surface area contributed by atoms with Crippen LogP contribution in [0.4, 0.5) is 0 Å². The Kier molecular flexibility index (Phi) is 10.4. The van der Waals surface area contributed by atoms with Gasteiger partial charge in [-0.3, -0.25) is 0 Å². The maximum Gasteiger partial charge on any atom is 0.336 e. The first-order valence-corrected chi connectivity index (χ1v) is 15.0. The molecule has 0 spiro atoms. The predicted octanol–water partition coefficient (Wildman–Crippen LogP) is 3.15. The van der Waals surface area contributed by atoms with Crippen LogP contribution in [0.3, 0.4) is 0 Å². The molecule has 3 saturated carbocycles. The Morgan fingerprint density at radius 2 is 0.927 bits per heavy atom. The van der Waals surface area contributed by atoms with Gasteiger partial charge in [-0.05, 0) is 109 Å². The van der Waals surface area contributed by atoms with Gasteiger partial charge >= 0.3 is 17.1 Å². The number of aromatic nitrogens is 3. The number of rotatable bonds is 9. The van der Waals surface area contributed by atoms with E-state index in [1.807, 2.05) is 13.8 Å². The standard InChI is InChI=1S/C29H40N6O6/c1-19(31-17-37)22-5-11-25(12-6-22)34-27(39)33(24-9-3-21(4-10-24)15-30-16-36)28(40)35(29(34)41)26-13-7-23(8-14-26)20(2)32-18-38/h19-26H,3-15H2,1-2H3. The zero-order valence-electron chi connectivity index (χ0n) is 23.9. The molecule has 12 heteroatoms. The molecule has 1 heterocycles. The Bertz CT molecular complexity index is 1300. The predicted molar refractivity (Wildman–Crippen MR) is 150 cm³/mol. The Hall–Kier alpha value is -3.45. The molecule has 0 bridgehead atoms. The van der Waals surface area contributed by atoms with Crippen LogP contribution in [0.1, 0.15) is 109 Å². The summed E-state index contributed by atoms with van der Waals surface area (Å²) in [5, 5.41) is 0. The smallest absolute Gasteiger partial charge is 0.247 e. The monoisotopic (exact) mass is 568 g/mol.